The van der Waals surface area contributed by atoms with Crippen molar-refractivity contribution in [1.29, 1.82) is 0 Å². The van der Waals surface area contributed by atoms with Crippen LogP contribution in [-0.2, 0) is 27.2 Å². The van der Waals surface area contributed by atoms with Gasteiger partial charge in [0.05, 0.1) is 11.8 Å². The molecular formula is C18H24O6. The van der Waals surface area contributed by atoms with Crippen molar-refractivity contribution in [2.45, 2.75) is 45.4 Å². The fraction of sp³-hybridized carbons (Fsp3) is 0.500. The number of carbonyl (C=O) groups is 3. The Morgan fingerprint density at radius 3 is 1.58 bits per heavy atom. The fourth-order valence-electron chi connectivity index (χ4n) is 2.65. The van der Waals surface area contributed by atoms with Gasteiger partial charge >= 0.3 is 17.9 Å². The van der Waals surface area contributed by atoms with E-state index in [1.165, 1.54) is 0 Å². The Labute approximate surface area is 141 Å². The van der Waals surface area contributed by atoms with E-state index in [2.05, 4.69) is 0 Å². The van der Waals surface area contributed by atoms with Crippen molar-refractivity contribution in [2.75, 3.05) is 0 Å². The lowest BCUT2D eigenvalue weighted by atomic mass is 9.92. The first kappa shape index (κ1) is 19.7. The Morgan fingerprint density at radius 2 is 1.25 bits per heavy atom. The number of benzene rings is 1. The first-order valence-electron chi connectivity index (χ1n) is 8.08. The summed E-state index contributed by atoms with van der Waals surface area (Å²) in [5.41, 5.74) is 1.70. The predicted molar refractivity (Wildman–Crippen MR) is 87.9 cm³/mol. The molecular weight excluding hydrogens is 312 g/mol. The fourth-order valence-corrected chi connectivity index (χ4v) is 2.65. The number of rotatable bonds is 11. The number of hydrogen-bond acceptors (Lipinski definition) is 3. The van der Waals surface area contributed by atoms with Crippen LogP contribution in [0.5, 0.6) is 0 Å². The van der Waals surface area contributed by atoms with Gasteiger partial charge in [-0.1, -0.05) is 37.6 Å². The molecule has 0 heterocycles. The third kappa shape index (κ3) is 6.81. The van der Waals surface area contributed by atoms with Gasteiger partial charge in [0.1, 0.15) is 0 Å². The topological polar surface area (TPSA) is 112 Å². The molecule has 0 aliphatic carbocycles. The maximum atomic E-state index is 11.2. The first-order chi connectivity index (χ1) is 11.3. The highest BCUT2D eigenvalue weighted by Gasteiger charge is 2.20. The Morgan fingerprint density at radius 1 is 0.833 bits per heavy atom. The molecule has 0 saturated heterocycles. The number of hydrogen-bond donors (Lipinski definition) is 3. The lowest BCUT2D eigenvalue weighted by molar-refractivity contribution is -0.143. The standard InChI is InChI=1S/C18H24O6/c1-2-3-14(17(21)22)10-12-4-6-13(7-5-12)11-15(18(23)24)8-9-16(19)20/h4-7,14-15H,2-3,8-11H2,1H3,(H,19,20)(H,21,22)(H,23,24). The van der Waals surface area contributed by atoms with Gasteiger partial charge in [-0.3, -0.25) is 14.4 Å². The van der Waals surface area contributed by atoms with Gasteiger partial charge in [-0.25, -0.2) is 0 Å². The quantitative estimate of drug-likeness (QED) is 0.573. The van der Waals surface area contributed by atoms with Crippen molar-refractivity contribution >= 4 is 17.9 Å². The van der Waals surface area contributed by atoms with Crippen molar-refractivity contribution in [3.8, 4) is 0 Å². The van der Waals surface area contributed by atoms with Gasteiger partial charge < -0.3 is 15.3 Å². The molecule has 1 rings (SSSR count). The van der Waals surface area contributed by atoms with Crippen LogP contribution in [0, 0.1) is 11.8 Å². The number of aliphatic carboxylic acids is 3. The largest absolute Gasteiger partial charge is 0.481 e. The molecule has 3 N–H and O–H groups in total. The van der Waals surface area contributed by atoms with E-state index < -0.39 is 29.7 Å². The summed E-state index contributed by atoms with van der Waals surface area (Å²) in [6.07, 6.45) is 2.05. The van der Waals surface area contributed by atoms with E-state index in [1.807, 2.05) is 19.1 Å². The monoisotopic (exact) mass is 336 g/mol. The van der Waals surface area contributed by atoms with Crippen LogP contribution >= 0.6 is 0 Å². The molecule has 2 atom stereocenters. The molecule has 24 heavy (non-hydrogen) atoms. The second-order valence-corrected chi connectivity index (χ2v) is 6.02. The Hall–Kier alpha value is -2.37. The third-order valence-electron chi connectivity index (χ3n) is 4.03. The van der Waals surface area contributed by atoms with Gasteiger partial charge in [-0.15, -0.1) is 0 Å². The average Bonchev–Trinajstić information content (AvgIpc) is 2.51. The van der Waals surface area contributed by atoms with Crippen LogP contribution in [0.1, 0.15) is 43.7 Å². The zero-order valence-corrected chi connectivity index (χ0v) is 13.8. The molecule has 1 aromatic rings. The maximum absolute atomic E-state index is 11.2. The highest BCUT2D eigenvalue weighted by Crippen LogP contribution is 2.18. The molecule has 0 amide bonds. The molecule has 0 radical (unpaired) electrons. The van der Waals surface area contributed by atoms with Crippen LogP contribution in [0.2, 0.25) is 0 Å². The minimum atomic E-state index is -1.01. The summed E-state index contributed by atoms with van der Waals surface area (Å²) in [6.45, 7) is 1.95. The molecule has 6 nitrogen and oxygen atoms in total. The van der Waals surface area contributed by atoms with Gasteiger partial charge in [0.15, 0.2) is 0 Å². The molecule has 0 aliphatic rings. The lowest BCUT2D eigenvalue weighted by Crippen LogP contribution is -2.18. The van der Waals surface area contributed by atoms with Crippen LogP contribution in [-0.4, -0.2) is 33.2 Å². The van der Waals surface area contributed by atoms with Gasteiger partial charge in [-0.05, 0) is 36.8 Å². The first-order valence-corrected chi connectivity index (χ1v) is 8.08. The van der Waals surface area contributed by atoms with Crippen LogP contribution in [0.15, 0.2) is 24.3 Å². The smallest absolute Gasteiger partial charge is 0.306 e. The SMILES string of the molecule is CCCC(Cc1ccc(CC(CCC(=O)O)C(=O)O)cc1)C(=O)O. The van der Waals surface area contributed by atoms with Gasteiger partial charge in [-0.2, -0.15) is 0 Å². The highest BCUT2D eigenvalue weighted by atomic mass is 16.4. The molecule has 2 unspecified atom stereocenters. The van der Waals surface area contributed by atoms with E-state index >= 15 is 0 Å². The summed E-state index contributed by atoms with van der Waals surface area (Å²) >= 11 is 0. The summed E-state index contributed by atoms with van der Waals surface area (Å²) in [4.78, 5) is 33.0. The van der Waals surface area contributed by atoms with E-state index in [-0.39, 0.29) is 19.3 Å². The minimum absolute atomic E-state index is 0.0873. The van der Waals surface area contributed by atoms with Crippen molar-refractivity contribution < 1.29 is 29.7 Å². The van der Waals surface area contributed by atoms with Crippen molar-refractivity contribution in [3.63, 3.8) is 0 Å². The van der Waals surface area contributed by atoms with Crippen LogP contribution in [0.3, 0.4) is 0 Å². The van der Waals surface area contributed by atoms with Crippen molar-refractivity contribution in [3.05, 3.63) is 35.4 Å². The van der Waals surface area contributed by atoms with E-state index in [1.54, 1.807) is 12.1 Å². The molecule has 6 heteroatoms. The number of carboxylic acids is 3. The second kappa shape index (κ2) is 9.70. The molecule has 0 aromatic heterocycles. The highest BCUT2D eigenvalue weighted by molar-refractivity contribution is 5.72. The van der Waals surface area contributed by atoms with Gasteiger partial charge in [0, 0.05) is 6.42 Å². The number of carboxylic acid groups (broad SMARTS) is 3. The zero-order chi connectivity index (χ0) is 18.1. The maximum Gasteiger partial charge on any atom is 0.306 e. The van der Waals surface area contributed by atoms with Gasteiger partial charge in [0.25, 0.3) is 0 Å². The molecule has 0 aliphatic heterocycles. The zero-order valence-electron chi connectivity index (χ0n) is 13.8. The van der Waals surface area contributed by atoms with Crippen molar-refractivity contribution in [2.24, 2.45) is 11.8 Å². The van der Waals surface area contributed by atoms with Crippen LogP contribution in [0.25, 0.3) is 0 Å². The lowest BCUT2D eigenvalue weighted by Gasteiger charge is -2.13. The Balaban J connectivity index is 2.69. The Bertz CT molecular complexity index is 563. The Kier molecular flexibility index (Phi) is 7.95. The van der Waals surface area contributed by atoms with E-state index in [0.29, 0.717) is 12.8 Å². The molecule has 132 valence electrons. The van der Waals surface area contributed by atoms with Gasteiger partial charge in [0.2, 0.25) is 0 Å². The van der Waals surface area contributed by atoms with E-state index in [4.69, 9.17) is 5.11 Å². The van der Waals surface area contributed by atoms with E-state index in [0.717, 1.165) is 17.5 Å². The minimum Gasteiger partial charge on any atom is -0.481 e. The molecule has 0 bridgehead atoms. The summed E-state index contributed by atoms with van der Waals surface area (Å²) in [5.74, 6) is -3.97. The molecule has 1 aromatic carbocycles. The average molecular weight is 336 g/mol. The summed E-state index contributed by atoms with van der Waals surface area (Å²) in [7, 11) is 0. The molecule has 0 spiro atoms. The second-order valence-electron chi connectivity index (χ2n) is 6.02. The van der Waals surface area contributed by atoms with E-state index in [9.17, 15) is 24.6 Å². The summed E-state index contributed by atoms with van der Waals surface area (Å²) in [5, 5.41) is 27.1. The summed E-state index contributed by atoms with van der Waals surface area (Å²) in [6, 6.07) is 7.21. The molecule has 0 saturated carbocycles. The third-order valence-corrected chi connectivity index (χ3v) is 4.03. The molecule has 0 fully saturated rings. The summed E-state index contributed by atoms with van der Waals surface area (Å²) < 4.78 is 0. The van der Waals surface area contributed by atoms with Crippen molar-refractivity contribution in [1.82, 2.24) is 0 Å². The predicted octanol–water partition coefficient (Wildman–Crippen LogP) is 2.84. The van der Waals surface area contributed by atoms with Crippen LogP contribution < -0.4 is 0 Å². The normalized spacial score (nSPS) is 13.2. The van der Waals surface area contributed by atoms with Crippen LogP contribution in [0.4, 0.5) is 0 Å².